The Balaban J connectivity index is 2.28. The Morgan fingerprint density at radius 1 is 1.07 bits per heavy atom. The van der Waals surface area contributed by atoms with E-state index in [9.17, 15) is 0 Å². The third kappa shape index (κ3) is 2.36. The Kier molecular flexibility index (Phi) is 3.34. The number of thioether (sulfide) groups is 1. The molecule has 2 rings (SSSR count). The van der Waals surface area contributed by atoms with Crippen LogP contribution in [0.3, 0.4) is 0 Å². The number of hydrogen-bond donors (Lipinski definition) is 0. The Labute approximate surface area is 98.1 Å². The van der Waals surface area contributed by atoms with E-state index >= 15 is 0 Å². The first-order valence-electron chi connectivity index (χ1n) is 4.62. The maximum atomic E-state index is 5.13. The molecule has 0 atom stereocenters. The van der Waals surface area contributed by atoms with Crippen molar-refractivity contribution in [1.82, 2.24) is 0 Å². The second-order valence-corrected chi connectivity index (χ2v) is 5.24. The molecule has 1 heterocycles. The van der Waals surface area contributed by atoms with Crippen LogP contribution in [0.4, 0.5) is 0 Å². The van der Waals surface area contributed by atoms with Crippen molar-refractivity contribution < 1.29 is 4.74 Å². The third-order valence-corrected chi connectivity index (χ3v) is 4.37. The van der Waals surface area contributed by atoms with Gasteiger partial charge in [0.1, 0.15) is 5.75 Å². The molecule has 0 saturated carbocycles. The summed E-state index contributed by atoms with van der Waals surface area (Å²) in [5.41, 5.74) is 1.25. The highest BCUT2D eigenvalue weighted by atomic mass is 32.2. The number of ether oxygens (including phenoxy) is 1. The monoisotopic (exact) mass is 236 g/mol. The molecule has 15 heavy (non-hydrogen) atoms. The summed E-state index contributed by atoms with van der Waals surface area (Å²) in [6, 6.07) is 12.5. The van der Waals surface area contributed by atoms with Gasteiger partial charge in [0.15, 0.2) is 0 Å². The van der Waals surface area contributed by atoms with Crippen molar-refractivity contribution >= 4 is 23.1 Å². The number of thiophene rings is 1. The maximum absolute atomic E-state index is 5.13. The van der Waals surface area contributed by atoms with Crippen LogP contribution < -0.4 is 4.74 Å². The van der Waals surface area contributed by atoms with Crippen molar-refractivity contribution in [2.24, 2.45) is 0 Å². The molecule has 78 valence electrons. The number of benzene rings is 1. The third-order valence-electron chi connectivity index (χ3n) is 2.16. The number of rotatable bonds is 3. The van der Waals surface area contributed by atoms with Gasteiger partial charge in [-0.05, 0) is 48.2 Å². The molecular weight excluding hydrogens is 224 g/mol. The van der Waals surface area contributed by atoms with Gasteiger partial charge in [0.05, 0.1) is 11.3 Å². The van der Waals surface area contributed by atoms with Crippen molar-refractivity contribution in [2.45, 2.75) is 4.21 Å². The molecule has 0 saturated heterocycles. The van der Waals surface area contributed by atoms with Gasteiger partial charge in [-0.15, -0.1) is 23.1 Å². The average Bonchev–Trinajstić information content (AvgIpc) is 2.78. The quantitative estimate of drug-likeness (QED) is 0.740. The fourth-order valence-electron chi connectivity index (χ4n) is 1.34. The molecule has 0 unspecified atom stereocenters. The van der Waals surface area contributed by atoms with E-state index < -0.39 is 0 Å². The second kappa shape index (κ2) is 4.73. The highest BCUT2D eigenvalue weighted by Crippen LogP contribution is 2.33. The first-order valence-corrected chi connectivity index (χ1v) is 6.66. The lowest BCUT2D eigenvalue weighted by Gasteiger charge is -2.00. The topological polar surface area (TPSA) is 9.23 Å². The highest BCUT2D eigenvalue weighted by molar-refractivity contribution is 8.00. The molecule has 0 amide bonds. The summed E-state index contributed by atoms with van der Waals surface area (Å²) >= 11 is 3.61. The van der Waals surface area contributed by atoms with E-state index in [0.29, 0.717) is 0 Å². The molecule has 0 aliphatic carbocycles. The maximum Gasteiger partial charge on any atom is 0.118 e. The Morgan fingerprint density at radius 3 is 2.33 bits per heavy atom. The minimum absolute atomic E-state index is 0.903. The van der Waals surface area contributed by atoms with Gasteiger partial charge in [0.2, 0.25) is 0 Å². The van der Waals surface area contributed by atoms with Crippen LogP contribution in [0.1, 0.15) is 0 Å². The first-order chi connectivity index (χ1) is 7.33. The fourth-order valence-corrected chi connectivity index (χ4v) is 2.89. The summed E-state index contributed by atoms with van der Waals surface area (Å²) < 4.78 is 6.48. The van der Waals surface area contributed by atoms with E-state index in [0.717, 1.165) is 5.75 Å². The zero-order valence-electron chi connectivity index (χ0n) is 8.69. The molecule has 0 fully saturated rings. The van der Waals surface area contributed by atoms with Gasteiger partial charge < -0.3 is 4.74 Å². The van der Waals surface area contributed by atoms with Crippen LogP contribution in [0, 0.1) is 0 Å². The molecule has 0 spiro atoms. The van der Waals surface area contributed by atoms with Gasteiger partial charge in [-0.1, -0.05) is 0 Å². The van der Waals surface area contributed by atoms with Gasteiger partial charge in [-0.2, -0.15) is 0 Å². The Hall–Kier alpha value is -0.930. The summed E-state index contributed by atoms with van der Waals surface area (Å²) in [7, 11) is 1.69. The van der Waals surface area contributed by atoms with Crippen LogP contribution in [0.2, 0.25) is 0 Å². The smallest absolute Gasteiger partial charge is 0.118 e. The zero-order chi connectivity index (χ0) is 10.7. The Morgan fingerprint density at radius 2 is 1.80 bits per heavy atom. The molecule has 2 aromatic rings. The molecule has 0 N–H and O–H groups in total. The standard InChI is InChI=1S/C12H12OS2/c1-13-10-5-3-9(4-6-10)11-7-8-12(14-2)15-11/h3-8H,1-2H3. The van der Waals surface area contributed by atoms with Crippen molar-refractivity contribution in [3.8, 4) is 16.2 Å². The molecule has 0 aliphatic heterocycles. The summed E-state index contributed by atoms with van der Waals surface area (Å²) in [5, 5.41) is 0. The highest BCUT2D eigenvalue weighted by Gasteiger charge is 2.02. The minimum atomic E-state index is 0.903. The lowest BCUT2D eigenvalue weighted by molar-refractivity contribution is 0.415. The van der Waals surface area contributed by atoms with E-state index in [1.54, 1.807) is 18.9 Å². The summed E-state index contributed by atoms with van der Waals surface area (Å²) in [5.74, 6) is 0.903. The SMILES string of the molecule is COc1ccc(-c2ccc(SC)s2)cc1. The molecule has 0 aliphatic rings. The van der Waals surface area contributed by atoms with Crippen molar-refractivity contribution in [2.75, 3.05) is 13.4 Å². The van der Waals surface area contributed by atoms with E-state index in [-0.39, 0.29) is 0 Å². The van der Waals surface area contributed by atoms with Gasteiger partial charge in [-0.25, -0.2) is 0 Å². The van der Waals surface area contributed by atoms with Crippen LogP contribution >= 0.6 is 23.1 Å². The largest absolute Gasteiger partial charge is 0.497 e. The fraction of sp³-hybridized carbons (Fsp3) is 0.167. The van der Waals surface area contributed by atoms with Crippen LogP contribution in [-0.4, -0.2) is 13.4 Å². The van der Waals surface area contributed by atoms with Crippen molar-refractivity contribution in [1.29, 1.82) is 0 Å². The van der Waals surface area contributed by atoms with E-state index in [1.165, 1.54) is 14.6 Å². The average molecular weight is 236 g/mol. The summed E-state index contributed by atoms with van der Waals surface area (Å²) in [4.78, 5) is 1.31. The van der Waals surface area contributed by atoms with Gasteiger partial charge in [0, 0.05) is 4.88 Å². The van der Waals surface area contributed by atoms with Crippen LogP contribution in [0.15, 0.2) is 40.6 Å². The first kappa shape index (κ1) is 10.6. The van der Waals surface area contributed by atoms with Gasteiger partial charge in [-0.3, -0.25) is 0 Å². The lowest BCUT2D eigenvalue weighted by atomic mass is 10.2. The Bertz CT molecular complexity index is 431. The number of methoxy groups -OCH3 is 1. The molecule has 1 aromatic heterocycles. The van der Waals surface area contributed by atoms with E-state index in [2.05, 4.69) is 30.5 Å². The second-order valence-electron chi connectivity index (χ2n) is 3.05. The van der Waals surface area contributed by atoms with Crippen LogP contribution in [0.5, 0.6) is 5.75 Å². The molecule has 0 bridgehead atoms. The van der Waals surface area contributed by atoms with Gasteiger partial charge >= 0.3 is 0 Å². The minimum Gasteiger partial charge on any atom is -0.497 e. The number of hydrogen-bond acceptors (Lipinski definition) is 3. The van der Waals surface area contributed by atoms with Crippen LogP contribution in [-0.2, 0) is 0 Å². The zero-order valence-corrected chi connectivity index (χ0v) is 10.3. The van der Waals surface area contributed by atoms with E-state index in [4.69, 9.17) is 4.74 Å². The predicted molar refractivity (Wildman–Crippen MR) is 68.1 cm³/mol. The van der Waals surface area contributed by atoms with Gasteiger partial charge in [0.25, 0.3) is 0 Å². The van der Waals surface area contributed by atoms with Crippen LogP contribution in [0.25, 0.3) is 10.4 Å². The molecule has 3 heteroatoms. The molecule has 1 nitrogen and oxygen atoms in total. The van der Waals surface area contributed by atoms with Crippen molar-refractivity contribution in [3.05, 3.63) is 36.4 Å². The lowest BCUT2D eigenvalue weighted by Crippen LogP contribution is -1.81. The molecular formula is C12H12OS2. The molecule has 0 radical (unpaired) electrons. The normalized spacial score (nSPS) is 10.3. The molecule has 1 aromatic carbocycles. The van der Waals surface area contributed by atoms with Crippen molar-refractivity contribution in [3.63, 3.8) is 0 Å². The summed E-state index contributed by atoms with van der Waals surface area (Å²) in [6.45, 7) is 0. The summed E-state index contributed by atoms with van der Waals surface area (Å²) in [6.07, 6.45) is 2.10. The predicted octanol–water partition coefficient (Wildman–Crippen LogP) is 4.15. The van der Waals surface area contributed by atoms with E-state index in [1.807, 2.05) is 23.5 Å².